The zero-order chi connectivity index (χ0) is 13.1. The van der Waals surface area contributed by atoms with Gasteiger partial charge in [0.1, 0.15) is 16.2 Å². The fraction of sp³-hybridized carbons (Fsp3) is 0.364. The molecule has 0 atom stereocenters. The maximum atomic E-state index is 11.4. The normalized spacial score (nSPS) is 10.8. The Morgan fingerprint density at radius 1 is 1.56 bits per heavy atom. The standard InChI is InChI=1S/C11H12ClN3OS2/c1-3-13-7(16)4-17-10-8-9(12)6(2)18-11(8)15-5-14-10/h5H,3-4H2,1-2H3,(H,13,16). The van der Waals surface area contributed by atoms with Gasteiger partial charge in [-0.05, 0) is 13.8 Å². The van der Waals surface area contributed by atoms with Crippen LogP contribution in [0.5, 0.6) is 0 Å². The lowest BCUT2D eigenvalue weighted by atomic mass is 10.4. The lowest BCUT2D eigenvalue weighted by Crippen LogP contribution is -2.24. The number of aryl methyl sites for hydroxylation is 1. The summed E-state index contributed by atoms with van der Waals surface area (Å²) in [5, 5.41) is 5.06. The summed E-state index contributed by atoms with van der Waals surface area (Å²) in [4.78, 5) is 21.7. The number of rotatable bonds is 4. The molecule has 0 fully saturated rings. The van der Waals surface area contributed by atoms with Crippen molar-refractivity contribution >= 4 is 50.8 Å². The van der Waals surface area contributed by atoms with Gasteiger partial charge in [-0.1, -0.05) is 23.4 Å². The first-order valence-electron chi connectivity index (χ1n) is 5.42. The predicted molar refractivity (Wildman–Crippen MR) is 76.6 cm³/mol. The Hall–Kier alpha value is -0.850. The number of carbonyl (C=O) groups excluding carboxylic acids is 1. The summed E-state index contributed by atoms with van der Waals surface area (Å²) < 4.78 is 0. The van der Waals surface area contributed by atoms with Crippen LogP contribution in [0.25, 0.3) is 10.2 Å². The van der Waals surface area contributed by atoms with Crippen LogP contribution >= 0.6 is 34.7 Å². The van der Waals surface area contributed by atoms with Crippen molar-refractivity contribution in [3.8, 4) is 0 Å². The molecular formula is C11H12ClN3OS2. The largest absolute Gasteiger partial charge is 0.356 e. The summed E-state index contributed by atoms with van der Waals surface area (Å²) in [5.41, 5.74) is 0. The zero-order valence-electron chi connectivity index (χ0n) is 9.99. The average molecular weight is 302 g/mol. The number of nitrogens with one attached hydrogen (secondary N) is 1. The minimum atomic E-state index is -0.00247. The summed E-state index contributed by atoms with van der Waals surface area (Å²) in [6.45, 7) is 4.48. The molecule has 0 aliphatic heterocycles. The van der Waals surface area contributed by atoms with E-state index in [1.165, 1.54) is 18.1 Å². The highest BCUT2D eigenvalue weighted by molar-refractivity contribution is 8.00. The number of amides is 1. The second-order valence-electron chi connectivity index (χ2n) is 3.57. The molecule has 7 heteroatoms. The van der Waals surface area contributed by atoms with E-state index in [-0.39, 0.29) is 5.91 Å². The molecule has 0 aliphatic rings. The van der Waals surface area contributed by atoms with Crippen LogP contribution in [0.2, 0.25) is 5.02 Å². The molecule has 0 saturated heterocycles. The van der Waals surface area contributed by atoms with Crippen LogP contribution in [0.3, 0.4) is 0 Å². The number of carbonyl (C=O) groups is 1. The third-order valence-electron chi connectivity index (χ3n) is 2.27. The van der Waals surface area contributed by atoms with Gasteiger partial charge in [0, 0.05) is 11.4 Å². The van der Waals surface area contributed by atoms with E-state index in [0.29, 0.717) is 17.3 Å². The van der Waals surface area contributed by atoms with E-state index in [1.54, 1.807) is 11.3 Å². The van der Waals surface area contributed by atoms with E-state index in [4.69, 9.17) is 11.6 Å². The average Bonchev–Trinajstić information content (AvgIpc) is 2.64. The van der Waals surface area contributed by atoms with Gasteiger partial charge in [-0.3, -0.25) is 4.79 Å². The van der Waals surface area contributed by atoms with E-state index in [0.717, 1.165) is 20.1 Å². The summed E-state index contributed by atoms with van der Waals surface area (Å²) in [5.74, 6) is 0.336. The predicted octanol–water partition coefficient (Wildman–Crippen LogP) is 2.88. The minimum Gasteiger partial charge on any atom is -0.356 e. The van der Waals surface area contributed by atoms with Crippen molar-refractivity contribution in [1.82, 2.24) is 15.3 Å². The van der Waals surface area contributed by atoms with Gasteiger partial charge in [-0.2, -0.15) is 0 Å². The highest BCUT2D eigenvalue weighted by Gasteiger charge is 2.14. The van der Waals surface area contributed by atoms with Gasteiger partial charge in [-0.15, -0.1) is 11.3 Å². The molecule has 2 heterocycles. The first kappa shape index (κ1) is 13.6. The topological polar surface area (TPSA) is 54.9 Å². The van der Waals surface area contributed by atoms with Crippen molar-refractivity contribution in [2.24, 2.45) is 0 Å². The molecule has 0 aromatic carbocycles. The van der Waals surface area contributed by atoms with E-state index in [9.17, 15) is 4.79 Å². The number of thiophene rings is 1. The van der Waals surface area contributed by atoms with Gasteiger partial charge in [0.05, 0.1) is 16.2 Å². The Labute approximate surface area is 118 Å². The number of aromatic nitrogens is 2. The quantitative estimate of drug-likeness (QED) is 0.697. The Balaban J connectivity index is 2.25. The Bertz CT molecular complexity index is 585. The molecule has 2 aromatic rings. The Morgan fingerprint density at radius 2 is 2.33 bits per heavy atom. The first-order chi connectivity index (χ1) is 8.63. The molecular weight excluding hydrogens is 290 g/mol. The van der Waals surface area contributed by atoms with Crippen molar-refractivity contribution in [1.29, 1.82) is 0 Å². The lowest BCUT2D eigenvalue weighted by Gasteiger charge is -2.03. The second kappa shape index (κ2) is 5.86. The summed E-state index contributed by atoms with van der Waals surface area (Å²) in [6, 6.07) is 0. The molecule has 0 spiro atoms. The molecule has 0 aliphatic carbocycles. The van der Waals surface area contributed by atoms with E-state index in [2.05, 4.69) is 15.3 Å². The van der Waals surface area contributed by atoms with Gasteiger partial charge in [0.2, 0.25) is 5.91 Å². The van der Waals surface area contributed by atoms with Gasteiger partial charge < -0.3 is 5.32 Å². The van der Waals surface area contributed by atoms with Crippen LogP contribution in [0.15, 0.2) is 11.4 Å². The molecule has 2 rings (SSSR count). The van der Waals surface area contributed by atoms with Gasteiger partial charge >= 0.3 is 0 Å². The van der Waals surface area contributed by atoms with Crippen molar-refractivity contribution in [3.63, 3.8) is 0 Å². The maximum Gasteiger partial charge on any atom is 0.230 e. The second-order valence-corrected chi connectivity index (χ2v) is 6.12. The van der Waals surface area contributed by atoms with Crippen molar-refractivity contribution < 1.29 is 4.79 Å². The van der Waals surface area contributed by atoms with E-state index < -0.39 is 0 Å². The van der Waals surface area contributed by atoms with E-state index in [1.807, 2.05) is 13.8 Å². The summed E-state index contributed by atoms with van der Waals surface area (Å²) in [6.07, 6.45) is 1.51. The fourth-order valence-corrected chi connectivity index (χ4v) is 3.67. The number of fused-ring (bicyclic) bond motifs is 1. The molecule has 0 saturated carbocycles. The molecule has 0 bridgehead atoms. The van der Waals surface area contributed by atoms with Gasteiger partial charge in [-0.25, -0.2) is 9.97 Å². The number of hydrogen-bond acceptors (Lipinski definition) is 5. The number of halogens is 1. The van der Waals surface area contributed by atoms with Crippen LogP contribution in [-0.4, -0.2) is 28.2 Å². The SMILES string of the molecule is CCNC(=O)CSc1ncnc2sc(C)c(Cl)c12. The molecule has 1 N–H and O–H groups in total. The minimum absolute atomic E-state index is 0.00247. The third kappa shape index (κ3) is 2.76. The molecule has 1 amide bonds. The molecule has 2 aromatic heterocycles. The highest BCUT2D eigenvalue weighted by atomic mass is 35.5. The summed E-state index contributed by atoms with van der Waals surface area (Å²) in [7, 11) is 0. The van der Waals surface area contributed by atoms with Crippen molar-refractivity contribution in [2.45, 2.75) is 18.9 Å². The zero-order valence-corrected chi connectivity index (χ0v) is 12.4. The van der Waals surface area contributed by atoms with Crippen LogP contribution < -0.4 is 5.32 Å². The van der Waals surface area contributed by atoms with Crippen LogP contribution in [0, 0.1) is 6.92 Å². The highest BCUT2D eigenvalue weighted by Crippen LogP contribution is 2.37. The number of nitrogens with zero attached hydrogens (tertiary/aromatic N) is 2. The number of thioether (sulfide) groups is 1. The molecule has 18 heavy (non-hydrogen) atoms. The molecule has 96 valence electrons. The van der Waals surface area contributed by atoms with Crippen LogP contribution in [0.1, 0.15) is 11.8 Å². The van der Waals surface area contributed by atoms with Crippen LogP contribution in [0.4, 0.5) is 0 Å². The van der Waals surface area contributed by atoms with Crippen molar-refractivity contribution in [2.75, 3.05) is 12.3 Å². The lowest BCUT2D eigenvalue weighted by molar-refractivity contribution is -0.118. The first-order valence-corrected chi connectivity index (χ1v) is 7.60. The summed E-state index contributed by atoms with van der Waals surface area (Å²) >= 11 is 9.16. The Morgan fingerprint density at radius 3 is 3.06 bits per heavy atom. The molecule has 0 radical (unpaired) electrons. The van der Waals surface area contributed by atoms with Gasteiger partial charge in [0.15, 0.2) is 0 Å². The van der Waals surface area contributed by atoms with E-state index >= 15 is 0 Å². The van der Waals surface area contributed by atoms with Crippen LogP contribution in [-0.2, 0) is 4.79 Å². The number of hydrogen-bond donors (Lipinski definition) is 1. The smallest absolute Gasteiger partial charge is 0.230 e. The fourth-order valence-electron chi connectivity index (χ4n) is 1.48. The van der Waals surface area contributed by atoms with Crippen molar-refractivity contribution in [3.05, 3.63) is 16.2 Å². The molecule has 0 unspecified atom stereocenters. The Kier molecular flexibility index (Phi) is 4.42. The maximum absolute atomic E-state index is 11.4. The monoisotopic (exact) mass is 301 g/mol. The van der Waals surface area contributed by atoms with Gasteiger partial charge in [0.25, 0.3) is 0 Å². The molecule has 4 nitrogen and oxygen atoms in total. The third-order valence-corrected chi connectivity index (χ3v) is 4.86.